The number of hydrogen-bond donors (Lipinski definition) is 0. The van der Waals surface area contributed by atoms with Crippen LogP contribution in [-0.2, 0) is 9.47 Å². The van der Waals surface area contributed by atoms with Crippen LogP contribution in [-0.4, -0.2) is 17.5 Å². The summed E-state index contributed by atoms with van der Waals surface area (Å²) in [5.41, 5.74) is -0.103. The Labute approximate surface area is 114 Å². The summed E-state index contributed by atoms with van der Waals surface area (Å²) in [7, 11) is 0. The monoisotopic (exact) mass is 352 g/mol. The zero-order chi connectivity index (χ0) is 11.8. The van der Waals surface area contributed by atoms with E-state index in [0.29, 0.717) is 0 Å². The van der Waals surface area contributed by atoms with E-state index in [2.05, 4.69) is 37.9 Å². The van der Waals surface area contributed by atoms with Crippen molar-refractivity contribution >= 4 is 31.9 Å². The van der Waals surface area contributed by atoms with E-state index < -0.39 is 5.79 Å². The molecule has 1 aliphatic heterocycles. The zero-order valence-corrected chi connectivity index (χ0v) is 12.9. The Morgan fingerprint density at radius 3 is 2.81 bits per heavy atom. The summed E-state index contributed by atoms with van der Waals surface area (Å²) in [6.45, 7) is 4.03. The Morgan fingerprint density at radius 1 is 1.38 bits per heavy atom. The Bertz CT molecular complexity index is 297. The van der Waals surface area contributed by atoms with Crippen LogP contribution >= 0.6 is 31.9 Å². The summed E-state index contributed by atoms with van der Waals surface area (Å²) in [6.07, 6.45) is 8.01. The number of fused-ring (bicyclic) bond motifs is 1. The van der Waals surface area contributed by atoms with Gasteiger partial charge in [-0.25, -0.2) is 0 Å². The van der Waals surface area contributed by atoms with Crippen molar-refractivity contribution in [2.45, 2.75) is 63.4 Å². The van der Waals surface area contributed by atoms with E-state index in [4.69, 9.17) is 9.47 Å². The van der Waals surface area contributed by atoms with Gasteiger partial charge in [0.1, 0.15) is 5.60 Å². The summed E-state index contributed by atoms with van der Waals surface area (Å²) < 4.78 is 13.2. The average Bonchev–Trinajstić information content (AvgIpc) is 2.45. The summed E-state index contributed by atoms with van der Waals surface area (Å²) in [6, 6.07) is 0. The molecule has 92 valence electrons. The molecule has 2 aliphatic rings. The maximum atomic E-state index is 6.18. The smallest absolute Gasteiger partial charge is 0.164 e. The van der Waals surface area contributed by atoms with E-state index in [0.717, 1.165) is 22.7 Å². The van der Waals surface area contributed by atoms with Crippen molar-refractivity contribution in [3.05, 3.63) is 9.47 Å². The molecule has 2 rings (SSSR count). The highest BCUT2D eigenvalue weighted by atomic mass is 79.9. The van der Waals surface area contributed by atoms with Gasteiger partial charge in [0, 0.05) is 0 Å². The van der Waals surface area contributed by atoms with Crippen molar-refractivity contribution in [1.29, 1.82) is 0 Å². The predicted octanol–water partition coefficient (Wildman–Crippen LogP) is 4.47. The van der Waals surface area contributed by atoms with Crippen molar-refractivity contribution in [3.8, 4) is 0 Å². The topological polar surface area (TPSA) is 18.5 Å². The minimum atomic E-state index is -0.429. The minimum absolute atomic E-state index is 0.103. The third kappa shape index (κ3) is 2.71. The van der Waals surface area contributed by atoms with Crippen molar-refractivity contribution < 1.29 is 9.47 Å². The van der Waals surface area contributed by atoms with Gasteiger partial charge in [0.25, 0.3) is 0 Å². The molecule has 0 aromatic rings. The van der Waals surface area contributed by atoms with E-state index in [1.54, 1.807) is 0 Å². The van der Waals surface area contributed by atoms with E-state index in [-0.39, 0.29) is 11.7 Å². The summed E-state index contributed by atoms with van der Waals surface area (Å²) in [4.78, 5) is 0. The van der Waals surface area contributed by atoms with Gasteiger partial charge in [-0.2, -0.15) is 0 Å². The maximum absolute atomic E-state index is 6.18. The van der Waals surface area contributed by atoms with Gasteiger partial charge in [0.2, 0.25) is 0 Å². The lowest BCUT2D eigenvalue weighted by atomic mass is 9.80. The molecule has 0 spiro atoms. The molecule has 0 unspecified atom stereocenters. The molecule has 0 N–H and O–H groups in total. The molecular formula is C12H18Br2O2. The molecule has 4 heteroatoms. The maximum Gasteiger partial charge on any atom is 0.164 e. The number of rotatable bonds is 2. The first-order valence-electron chi connectivity index (χ1n) is 5.83. The zero-order valence-electron chi connectivity index (χ0n) is 9.76. The van der Waals surface area contributed by atoms with Crippen molar-refractivity contribution in [1.82, 2.24) is 0 Å². The van der Waals surface area contributed by atoms with E-state index >= 15 is 0 Å². The van der Waals surface area contributed by atoms with Gasteiger partial charge >= 0.3 is 0 Å². The fourth-order valence-corrected chi connectivity index (χ4v) is 3.17. The SMILES string of the molecule is CC1(C)O[C@@H]2CCCC[C@]2(CC=C(Br)Br)O1. The predicted molar refractivity (Wildman–Crippen MR) is 71.8 cm³/mol. The molecule has 0 amide bonds. The first-order valence-corrected chi connectivity index (χ1v) is 7.41. The van der Waals surface area contributed by atoms with Crippen molar-refractivity contribution in [3.63, 3.8) is 0 Å². The number of hydrogen-bond acceptors (Lipinski definition) is 2. The summed E-state index contributed by atoms with van der Waals surface area (Å²) in [5.74, 6) is -0.429. The number of ether oxygens (including phenoxy) is 2. The molecule has 1 aliphatic carbocycles. The summed E-state index contributed by atoms with van der Waals surface area (Å²) >= 11 is 6.81. The Balaban J connectivity index is 2.17. The van der Waals surface area contributed by atoms with Gasteiger partial charge in [0.15, 0.2) is 5.79 Å². The molecule has 2 fully saturated rings. The largest absolute Gasteiger partial charge is 0.344 e. The molecule has 0 radical (unpaired) electrons. The van der Waals surface area contributed by atoms with Crippen LogP contribution in [0.2, 0.25) is 0 Å². The highest BCUT2D eigenvalue weighted by Crippen LogP contribution is 2.47. The highest BCUT2D eigenvalue weighted by molar-refractivity contribution is 9.28. The van der Waals surface area contributed by atoms with Crippen LogP contribution in [0.25, 0.3) is 0 Å². The van der Waals surface area contributed by atoms with Gasteiger partial charge in [-0.1, -0.05) is 18.9 Å². The van der Waals surface area contributed by atoms with Gasteiger partial charge in [0.05, 0.1) is 9.50 Å². The van der Waals surface area contributed by atoms with Crippen molar-refractivity contribution in [2.24, 2.45) is 0 Å². The first-order chi connectivity index (χ1) is 7.44. The van der Waals surface area contributed by atoms with Gasteiger partial charge in [-0.15, -0.1) is 0 Å². The van der Waals surface area contributed by atoms with Crippen LogP contribution in [0, 0.1) is 0 Å². The Morgan fingerprint density at radius 2 is 2.12 bits per heavy atom. The van der Waals surface area contributed by atoms with E-state index in [9.17, 15) is 0 Å². The molecule has 0 bridgehead atoms. The highest BCUT2D eigenvalue weighted by Gasteiger charge is 2.53. The third-order valence-electron chi connectivity index (χ3n) is 3.38. The first kappa shape index (κ1) is 13.1. The van der Waals surface area contributed by atoms with Crippen molar-refractivity contribution in [2.75, 3.05) is 0 Å². The molecule has 1 saturated heterocycles. The lowest BCUT2D eigenvalue weighted by Gasteiger charge is -2.35. The van der Waals surface area contributed by atoms with E-state index in [1.165, 1.54) is 12.8 Å². The third-order valence-corrected chi connectivity index (χ3v) is 4.03. The van der Waals surface area contributed by atoms with Crippen LogP contribution in [0.1, 0.15) is 46.0 Å². The second kappa shape index (κ2) is 4.71. The van der Waals surface area contributed by atoms with Gasteiger partial charge < -0.3 is 9.47 Å². The van der Waals surface area contributed by atoms with Gasteiger partial charge in [-0.05, 0) is 65.0 Å². The molecule has 1 saturated carbocycles. The summed E-state index contributed by atoms with van der Waals surface area (Å²) in [5, 5.41) is 0. The average molecular weight is 354 g/mol. The Kier molecular flexibility index (Phi) is 3.85. The molecule has 1 heterocycles. The standard InChI is InChI=1S/C12H18Br2O2/c1-11(2)15-9-5-3-4-7-12(9,16-11)8-6-10(13)14/h6,9H,3-5,7-8H2,1-2H3/t9-,12-/m1/s1. The van der Waals surface area contributed by atoms with Crippen LogP contribution in [0.5, 0.6) is 0 Å². The second-order valence-electron chi connectivity index (χ2n) is 5.12. The van der Waals surface area contributed by atoms with Crippen LogP contribution in [0.3, 0.4) is 0 Å². The molecule has 16 heavy (non-hydrogen) atoms. The quantitative estimate of drug-likeness (QED) is 0.729. The molecule has 2 nitrogen and oxygen atoms in total. The minimum Gasteiger partial charge on any atom is -0.344 e. The molecule has 0 aromatic carbocycles. The number of halogens is 2. The van der Waals surface area contributed by atoms with Gasteiger partial charge in [-0.3, -0.25) is 0 Å². The van der Waals surface area contributed by atoms with Crippen LogP contribution < -0.4 is 0 Å². The Hall–Kier alpha value is 0.620. The van der Waals surface area contributed by atoms with Crippen LogP contribution in [0.15, 0.2) is 9.47 Å². The fourth-order valence-electron chi connectivity index (χ4n) is 2.84. The normalized spacial score (nSPS) is 36.9. The lowest BCUT2D eigenvalue weighted by molar-refractivity contribution is -0.162. The second-order valence-corrected chi connectivity index (χ2v) is 7.89. The lowest BCUT2D eigenvalue weighted by Crippen LogP contribution is -2.42. The molecule has 2 atom stereocenters. The molecular weight excluding hydrogens is 336 g/mol. The van der Waals surface area contributed by atoms with Crippen LogP contribution in [0.4, 0.5) is 0 Å². The van der Waals surface area contributed by atoms with E-state index in [1.807, 2.05) is 13.8 Å². The fraction of sp³-hybridized carbons (Fsp3) is 0.833. The molecule has 0 aromatic heterocycles.